The molecule has 2 aromatic rings. The minimum atomic E-state index is 0.0536. The number of carbonyl (C=O) groups excluding carboxylic acids is 1. The van der Waals surface area contributed by atoms with Crippen molar-refractivity contribution in [3.63, 3.8) is 0 Å². The molecule has 0 fully saturated rings. The summed E-state index contributed by atoms with van der Waals surface area (Å²) in [6.45, 7) is 2.28. The monoisotopic (exact) mass is 369 g/mol. The second-order valence-corrected chi connectivity index (χ2v) is 5.91. The number of hydrogen-bond donors (Lipinski definition) is 2. The van der Waals surface area contributed by atoms with E-state index in [1.807, 2.05) is 0 Å². The molecule has 0 spiro atoms. The van der Waals surface area contributed by atoms with Gasteiger partial charge in [-0.25, -0.2) is 0 Å². The lowest BCUT2D eigenvalue weighted by Gasteiger charge is -2.16. The van der Waals surface area contributed by atoms with Crippen LogP contribution in [-0.2, 0) is 24.3 Å². The van der Waals surface area contributed by atoms with Crippen molar-refractivity contribution in [3.8, 4) is 0 Å². The van der Waals surface area contributed by atoms with Crippen LogP contribution in [0.1, 0.15) is 11.3 Å². The van der Waals surface area contributed by atoms with Crippen LogP contribution in [-0.4, -0.2) is 24.1 Å². The van der Waals surface area contributed by atoms with Gasteiger partial charge in [0.25, 0.3) is 0 Å². The van der Waals surface area contributed by atoms with Crippen LogP contribution < -0.4 is 10.6 Å². The van der Waals surface area contributed by atoms with Gasteiger partial charge in [0.05, 0.1) is 5.52 Å². The average molecular weight is 369 g/mol. The number of fused-ring (bicyclic) bond motifs is 3. The quantitative estimate of drug-likeness (QED) is 0.791. The van der Waals surface area contributed by atoms with E-state index in [0.717, 1.165) is 19.5 Å². The largest absolute Gasteiger partial charge is 0.358 e. The maximum absolute atomic E-state index is 11.8. The van der Waals surface area contributed by atoms with E-state index in [2.05, 4.69) is 56.0 Å². The molecule has 1 amide bonds. The smallest absolute Gasteiger partial charge is 0.239 e. The molecule has 1 aliphatic heterocycles. The Morgan fingerprint density at radius 3 is 3.16 bits per heavy atom. The van der Waals surface area contributed by atoms with Gasteiger partial charge in [0, 0.05) is 41.2 Å². The fraction of sp³-hybridized carbons (Fsp3) is 0.357. The molecule has 5 heteroatoms. The van der Waals surface area contributed by atoms with Crippen LogP contribution in [0, 0.1) is 3.57 Å². The summed E-state index contributed by atoms with van der Waals surface area (Å²) in [7, 11) is 1.69. The number of rotatable bonds is 2. The first-order valence-electron chi connectivity index (χ1n) is 6.42. The van der Waals surface area contributed by atoms with Crippen LogP contribution in [0.4, 0.5) is 0 Å². The molecule has 2 heterocycles. The number of hydrogen-bond acceptors (Lipinski definition) is 2. The Morgan fingerprint density at radius 2 is 2.37 bits per heavy atom. The number of aromatic nitrogens is 1. The predicted octanol–water partition coefficient (Wildman–Crippen LogP) is 1.64. The zero-order chi connectivity index (χ0) is 13.4. The molecule has 0 aliphatic carbocycles. The molecule has 3 rings (SSSR count). The molecular weight excluding hydrogens is 353 g/mol. The van der Waals surface area contributed by atoms with Gasteiger partial charge in [0.1, 0.15) is 6.54 Å². The highest BCUT2D eigenvalue weighted by Gasteiger charge is 2.21. The van der Waals surface area contributed by atoms with E-state index in [1.165, 1.54) is 25.7 Å². The summed E-state index contributed by atoms with van der Waals surface area (Å²) < 4.78 is 3.39. The van der Waals surface area contributed by atoms with Crippen molar-refractivity contribution in [2.24, 2.45) is 0 Å². The van der Waals surface area contributed by atoms with Crippen LogP contribution in [0.2, 0.25) is 0 Å². The average Bonchev–Trinajstić information content (AvgIpc) is 2.75. The second-order valence-electron chi connectivity index (χ2n) is 4.75. The molecule has 1 aliphatic rings. The Morgan fingerprint density at radius 1 is 1.53 bits per heavy atom. The summed E-state index contributed by atoms with van der Waals surface area (Å²) in [6.07, 6.45) is 0.983. The van der Waals surface area contributed by atoms with Gasteiger partial charge in [-0.05, 0) is 34.2 Å². The van der Waals surface area contributed by atoms with E-state index in [9.17, 15) is 4.79 Å². The second kappa shape index (κ2) is 5.13. The lowest BCUT2D eigenvalue weighted by molar-refractivity contribution is -0.121. The first kappa shape index (κ1) is 12.9. The lowest BCUT2D eigenvalue weighted by Crippen LogP contribution is -2.28. The summed E-state index contributed by atoms with van der Waals surface area (Å²) >= 11 is 2.35. The molecule has 0 radical (unpaired) electrons. The van der Waals surface area contributed by atoms with E-state index in [4.69, 9.17) is 0 Å². The van der Waals surface area contributed by atoms with Crippen molar-refractivity contribution in [2.45, 2.75) is 19.5 Å². The number of para-hydroxylation sites is 1. The van der Waals surface area contributed by atoms with Crippen molar-refractivity contribution in [1.82, 2.24) is 15.2 Å². The summed E-state index contributed by atoms with van der Waals surface area (Å²) in [6, 6.07) is 6.34. The van der Waals surface area contributed by atoms with Gasteiger partial charge in [-0.3, -0.25) is 4.79 Å². The minimum absolute atomic E-state index is 0.0536. The van der Waals surface area contributed by atoms with Crippen molar-refractivity contribution < 1.29 is 4.79 Å². The molecule has 100 valence electrons. The summed E-state index contributed by atoms with van der Waals surface area (Å²) in [5, 5.41) is 7.41. The zero-order valence-electron chi connectivity index (χ0n) is 10.8. The van der Waals surface area contributed by atoms with Gasteiger partial charge in [-0.2, -0.15) is 0 Å². The highest BCUT2D eigenvalue weighted by molar-refractivity contribution is 14.1. The molecule has 1 aromatic heterocycles. The number of halogens is 1. The van der Waals surface area contributed by atoms with Gasteiger partial charge in [-0.15, -0.1) is 0 Å². The van der Waals surface area contributed by atoms with Gasteiger partial charge in [0.15, 0.2) is 0 Å². The lowest BCUT2D eigenvalue weighted by atomic mass is 10.1. The summed E-state index contributed by atoms with van der Waals surface area (Å²) in [5.41, 5.74) is 3.85. The number of likely N-dealkylation sites (N-methyl/N-ethyl adjacent to an activating group) is 1. The standard InChI is InChI=1S/C14H16IN3O/c1-16-13(19)8-18-12-5-6-17-7-10(12)9-3-2-4-11(15)14(9)18/h2-4,17H,5-8H2,1H3,(H,16,19). The molecule has 0 saturated heterocycles. The summed E-state index contributed by atoms with van der Waals surface area (Å²) in [4.78, 5) is 11.8. The Bertz CT molecular complexity index is 648. The normalized spacial score (nSPS) is 14.4. The molecule has 0 unspecified atom stereocenters. The topological polar surface area (TPSA) is 46.1 Å². The molecule has 0 atom stereocenters. The van der Waals surface area contributed by atoms with Crippen molar-refractivity contribution in [1.29, 1.82) is 0 Å². The predicted molar refractivity (Wildman–Crippen MR) is 84.1 cm³/mol. The van der Waals surface area contributed by atoms with Crippen LogP contribution >= 0.6 is 22.6 Å². The molecule has 1 aromatic carbocycles. The van der Waals surface area contributed by atoms with Crippen LogP contribution in [0.3, 0.4) is 0 Å². The van der Waals surface area contributed by atoms with E-state index in [1.54, 1.807) is 7.05 Å². The Kier molecular flexibility index (Phi) is 3.49. The van der Waals surface area contributed by atoms with Crippen molar-refractivity contribution >= 4 is 39.4 Å². The van der Waals surface area contributed by atoms with Crippen LogP contribution in [0.15, 0.2) is 18.2 Å². The maximum atomic E-state index is 11.8. The fourth-order valence-electron chi connectivity index (χ4n) is 2.79. The Hall–Kier alpha value is -1.08. The first-order chi connectivity index (χ1) is 9.22. The molecule has 19 heavy (non-hydrogen) atoms. The highest BCUT2D eigenvalue weighted by Crippen LogP contribution is 2.31. The van der Waals surface area contributed by atoms with Gasteiger partial charge < -0.3 is 15.2 Å². The van der Waals surface area contributed by atoms with Gasteiger partial charge in [0.2, 0.25) is 5.91 Å². The molecule has 4 nitrogen and oxygen atoms in total. The van der Waals surface area contributed by atoms with Crippen LogP contribution in [0.25, 0.3) is 10.9 Å². The number of nitrogens with zero attached hydrogens (tertiary/aromatic N) is 1. The third-order valence-electron chi connectivity index (χ3n) is 3.68. The number of nitrogens with one attached hydrogen (secondary N) is 2. The fourth-order valence-corrected chi connectivity index (χ4v) is 3.58. The van der Waals surface area contributed by atoms with E-state index >= 15 is 0 Å². The van der Waals surface area contributed by atoms with E-state index < -0.39 is 0 Å². The molecular formula is C14H16IN3O. The van der Waals surface area contributed by atoms with Gasteiger partial charge >= 0.3 is 0 Å². The Labute approximate surface area is 125 Å². The number of amides is 1. The Balaban J connectivity index is 2.25. The molecule has 2 N–H and O–H groups in total. The SMILES string of the molecule is CNC(=O)Cn1c2c(c3cccc(I)c31)CNCC2. The van der Waals surface area contributed by atoms with Crippen molar-refractivity contribution in [3.05, 3.63) is 33.0 Å². The van der Waals surface area contributed by atoms with Crippen molar-refractivity contribution in [2.75, 3.05) is 13.6 Å². The third kappa shape index (κ3) is 2.14. The maximum Gasteiger partial charge on any atom is 0.239 e. The van der Waals surface area contributed by atoms with Gasteiger partial charge in [-0.1, -0.05) is 12.1 Å². The zero-order valence-corrected chi connectivity index (χ0v) is 13.0. The minimum Gasteiger partial charge on any atom is -0.358 e. The number of benzene rings is 1. The van der Waals surface area contributed by atoms with E-state index in [-0.39, 0.29) is 5.91 Å². The highest BCUT2D eigenvalue weighted by atomic mass is 127. The van der Waals surface area contributed by atoms with E-state index in [0.29, 0.717) is 6.54 Å². The number of carbonyl (C=O) groups is 1. The third-order valence-corrected chi connectivity index (χ3v) is 4.55. The molecule has 0 saturated carbocycles. The molecule has 0 bridgehead atoms. The first-order valence-corrected chi connectivity index (χ1v) is 7.50. The summed E-state index contributed by atoms with van der Waals surface area (Å²) in [5.74, 6) is 0.0536. The van der Waals surface area contributed by atoms with Crippen LogP contribution in [0.5, 0.6) is 0 Å².